The van der Waals surface area contributed by atoms with E-state index in [0.717, 1.165) is 15.1 Å². The van der Waals surface area contributed by atoms with Gasteiger partial charge in [0.15, 0.2) is 0 Å². The molecule has 0 radical (unpaired) electrons. The van der Waals surface area contributed by atoms with Gasteiger partial charge in [-0.2, -0.15) is 10.2 Å². The van der Waals surface area contributed by atoms with Crippen LogP contribution in [-0.4, -0.2) is 32.0 Å². The van der Waals surface area contributed by atoms with E-state index in [1.54, 1.807) is 36.4 Å². The number of nitrogens with zero attached hydrogens (tertiary/aromatic N) is 4. The lowest BCUT2D eigenvalue weighted by atomic mass is 10.1. The third kappa shape index (κ3) is 5.19. The molecule has 3 heterocycles. The Morgan fingerprint density at radius 2 is 1.59 bits per heavy atom. The summed E-state index contributed by atoms with van der Waals surface area (Å²) >= 11 is 7.44. The van der Waals surface area contributed by atoms with Crippen molar-refractivity contribution >= 4 is 28.8 Å². The largest absolute Gasteiger partial charge is 0.353 e. The van der Waals surface area contributed by atoms with Crippen LogP contribution in [0.2, 0.25) is 5.02 Å². The fraction of sp³-hybridized carbons (Fsp3) is 0.136. The number of hydrogen-bond acceptors (Lipinski definition) is 6. The molecule has 8 nitrogen and oxygen atoms in total. The van der Waals surface area contributed by atoms with Gasteiger partial charge in [0.25, 0.3) is 11.1 Å². The van der Waals surface area contributed by atoms with Gasteiger partial charge in [0.05, 0.1) is 17.1 Å². The molecule has 162 valence electrons. The van der Waals surface area contributed by atoms with Crippen molar-refractivity contribution in [1.82, 2.24) is 24.9 Å². The van der Waals surface area contributed by atoms with E-state index in [9.17, 15) is 14.4 Å². The van der Waals surface area contributed by atoms with Crippen LogP contribution in [0.4, 0.5) is 0 Å². The predicted octanol–water partition coefficient (Wildman–Crippen LogP) is 2.67. The van der Waals surface area contributed by atoms with Crippen molar-refractivity contribution in [3.05, 3.63) is 91.8 Å². The summed E-state index contributed by atoms with van der Waals surface area (Å²) in [5, 5.41) is 13.8. The number of thiophene rings is 1. The van der Waals surface area contributed by atoms with E-state index in [2.05, 4.69) is 15.5 Å². The molecule has 4 rings (SSSR count). The summed E-state index contributed by atoms with van der Waals surface area (Å²) in [5.74, 6) is -0.393. The molecule has 4 aromatic rings. The highest BCUT2D eigenvalue weighted by atomic mass is 35.5. The standard InChI is InChI=1S/C22H18ClN5O3S/c23-16-5-3-15(4-6-16)17-7-9-22(31)28(25-17)14-20(29)24-11-12-27-21(30)10-8-18(26-27)19-2-1-13-32-19/h1-10,13H,11-12,14H2,(H,24,29). The molecule has 1 N–H and O–H groups in total. The van der Waals surface area contributed by atoms with Crippen molar-refractivity contribution in [3.63, 3.8) is 0 Å². The molecule has 0 spiro atoms. The normalized spacial score (nSPS) is 10.8. The van der Waals surface area contributed by atoms with E-state index in [1.807, 2.05) is 17.5 Å². The van der Waals surface area contributed by atoms with Gasteiger partial charge in [-0.15, -0.1) is 11.3 Å². The second kappa shape index (κ2) is 9.71. The van der Waals surface area contributed by atoms with Gasteiger partial charge in [-0.05, 0) is 35.7 Å². The first-order chi connectivity index (χ1) is 15.5. The quantitative estimate of drug-likeness (QED) is 0.450. The number of amides is 1. The van der Waals surface area contributed by atoms with Gasteiger partial charge in [-0.1, -0.05) is 29.8 Å². The lowest BCUT2D eigenvalue weighted by molar-refractivity contribution is -0.121. The number of rotatable bonds is 7. The molecular weight excluding hydrogens is 450 g/mol. The molecule has 32 heavy (non-hydrogen) atoms. The van der Waals surface area contributed by atoms with Gasteiger partial charge in [-0.25, -0.2) is 9.36 Å². The van der Waals surface area contributed by atoms with Crippen LogP contribution >= 0.6 is 22.9 Å². The number of carbonyl (C=O) groups excluding carboxylic acids is 1. The molecule has 0 bridgehead atoms. The maximum atomic E-state index is 12.4. The number of benzene rings is 1. The summed E-state index contributed by atoms with van der Waals surface area (Å²) in [6.45, 7) is 0.153. The number of halogens is 1. The number of hydrogen-bond donors (Lipinski definition) is 1. The predicted molar refractivity (Wildman–Crippen MR) is 124 cm³/mol. The van der Waals surface area contributed by atoms with Crippen molar-refractivity contribution in [2.75, 3.05) is 6.54 Å². The highest BCUT2D eigenvalue weighted by molar-refractivity contribution is 7.13. The molecule has 0 aliphatic rings. The average Bonchev–Trinajstić information content (AvgIpc) is 3.32. The summed E-state index contributed by atoms with van der Waals surface area (Å²) in [6.07, 6.45) is 0. The SMILES string of the molecule is O=C(Cn1nc(-c2ccc(Cl)cc2)ccc1=O)NCCn1nc(-c2cccs2)ccc1=O. The van der Waals surface area contributed by atoms with E-state index in [1.165, 1.54) is 28.2 Å². The number of aromatic nitrogens is 4. The van der Waals surface area contributed by atoms with Crippen molar-refractivity contribution < 1.29 is 4.79 Å². The average molecular weight is 468 g/mol. The van der Waals surface area contributed by atoms with Crippen LogP contribution in [-0.2, 0) is 17.9 Å². The molecule has 0 saturated heterocycles. The topological polar surface area (TPSA) is 98.9 Å². The molecule has 1 amide bonds. The van der Waals surface area contributed by atoms with Crippen LogP contribution in [0.3, 0.4) is 0 Å². The minimum Gasteiger partial charge on any atom is -0.353 e. The van der Waals surface area contributed by atoms with Crippen molar-refractivity contribution in [3.8, 4) is 21.8 Å². The van der Waals surface area contributed by atoms with Crippen LogP contribution in [0.15, 0.2) is 75.6 Å². The zero-order chi connectivity index (χ0) is 22.5. The zero-order valence-electron chi connectivity index (χ0n) is 16.8. The number of nitrogens with one attached hydrogen (secondary N) is 1. The molecule has 0 saturated carbocycles. The second-order valence-corrected chi connectivity index (χ2v) is 8.21. The van der Waals surface area contributed by atoms with Crippen molar-refractivity contribution in [2.45, 2.75) is 13.1 Å². The molecule has 0 atom stereocenters. The van der Waals surface area contributed by atoms with Gasteiger partial charge >= 0.3 is 0 Å². The summed E-state index contributed by atoms with van der Waals surface area (Å²) in [4.78, 5) is 37.5. The first-order valence-corrected chi connectivity index (χ1v) is 11.0. The minimum absolute atomic E-state index is 0.186. The molecule has 1 aromatic carbocycles. The zero-order valence-corrected chi connectivity index (χ0v) is 18.3. The third-order valence-corrected chi connectivity index (χ3v) is 5.73. The van der Waals surface area contributed by atoms with E-state index >= 15 is 0 Å². The molecule has 0 fully saturated rings. The van der Waals surface area contributed by atoms with E-state index in [4.69, 9.17) is 11.6 Å². The summed E-state index contributed by atoms with van der Waals surface area (Å²) < 4.78 is 2.40. The van der Waals surface area contributed by atoms with E-state index < -0.39 is 5.91 Å². The highest BCUT2D eigenvalue weighted by Gasteiger charge is 2.09. The Kier molecular flexibility index (Phi) is 6.58. The highest BCUT2D eigenvalue weighted by Crippen LogP contribution is 2.21. The Labute approximate surface area is 191 Å². The Bertz CT molecular complexity index is 1350. The molecule has 0 aliphatic carbocycles. The van der Waals surface area contributed by atoms with Crippen LogP contribution in [0.1, 0.15) is 0 Å². The summed E-state index contributed by atoms with van der Waals surface area (Å²) in [7, 11) is 0. The van der Waals surface area contributed by atoms with Gasteiger partial charge in [0, 0.05) is 29.3 Å². The lowest BCUT2D eigenvalue weighted by Gasteiger charge is -2.09. The van der Waals surface area contributed by atoms with Crippen LogP contribution in [0.5, 0.6) is 0 Å². The maximum absolute atomic E-state index is 12.4. The molecular formula is C22H18ClN5O3S. The van der Waals surface area contributed by atoms with Gasteiger partial charge in [0.1, 0.15) is 12.2 Å². The number of carbonyl (C=O) groups is 1. The first kappa shape index (κ1) is 21.7. The minimum atomic E-state index is -0.393. The van der Waals surface area contributed by atoms with Crippen LogP contribution in [0.25, 0.3) is 21.8 Å². The van der Waals surface area contributed by atoms with Gasteiger partial charge < -0.3 is 5.32 Å². The maximum Gasteiger partial charge on any atom is 0.267 e. The fourth-order valence-electron chi connectivity index (χ4n) is 2.99. The lowest BCUT2D eigenvalue weighted by Crippen LogP contribution is -2.36. The Morgan fingerprint density at radius 1 is 0.906 bits per heavy atom. The van der Waals surface area contributed by atoms with Crippen LogP contribution in [0, 0.1) is 0 Å². The van der Waals surface area contributed by atoms with Crippen molar-refractivity contribution in [1.29, 1.82) is 0 Å². The molecule has 0 unspecified atom stereocenters. The Hall–Kier alpha value is -3.56. The monoisotopic (exact) mass is 467 g/mol. The van der Waals surface area contributed by atoms with Crippen molar-refractivity contribution in [2.24, 2.45) is 0 Å². The Balaban J connectivity index is 1.39. The third-order valence-electron chi connectivity index (χ3n) is 4.59. The van der Waals surface area contributed by atoms with Gasteiger partial charge in [-0.3, -0.25) is 14.4 Å². The van der Waals surface area contributed by atoms with Gasteiger partial charge in [0.2, 0.25) is 5.91 Å². The first-order valence-electron chi connectivity index (χ1n) is 9.72. The molecule has 0 aliphatic heterocycles. The fourth-order valence-corrected chi connectivity index (χ4v) is 3.81. The molecule has 10 heteroatoms. The second-order valence-electron chi connectivity index (χ2n) is 6.83. The summed E-state index contributed by atoms with van der Waals surface area (Å²) in [6, 6.07) is 17.0. The van der Waals surface area contributed by atoms with Crippen LogP contribution < -0.4 is 16.4 Å². The Morgan fingerprint density at radius 3 is 2.31 bits per heavy atom. The molecule has 3 aromatic heterocycles. The summed E-state index contributed by atoms with van der Waals surface area (Å²) in [5.41, 5.74) is 1.38. The van der Waals surface area contributed by atoms with E-state index in [-0.39, 0.29) is 30.8 Å². The smallest absolute Gasteiger partial charge is 0.267 e. The van der Waals surface area contributed by atoms with E-state index in [0.29, 0.717) is 16.4 Å².